The predicted octanol–water partition coefficient (Wildman–Crippen LogP) is 5.47. The molecule has 0 bridgehead atoms. The van der Waals surface area contributed by atoms with Crippen LogP contribution in [0, 0.1) is 0 Å². The molecule has 6 nitrogen and oxygen atoms in total. The molecule has 1 N–H and O–H groups in total. The number of aromatic nitrogens is 1. The smallest absolute Gasteiger partial charge is 0.281 e. The van der Waals surface area contributed by atoms with Gasteiger partial charge in [-0.15, -0.1) is 0 Å². The Hall–Kier alpha value is -1.75. The SMILES string of the molecule is O=C(NN1C(=O)c2c(Br)c(Br)c(Br)c(Br)c2C1=O)c1ccc(-n2cccc2)cc1. The Bertz CT molecular complexity index is 1130. The first-order valence-corrected chi connectivity index (χ1v) is 11.3. The van der Waals surface area contributed by atoms with Crippen LogP contribution in [0.3, 0.4) is 0 Å². The van der Waals surface area contributed by atoms with Gasteiger partial charge in [-0.05, 0) is 100 Å². The summed E-state index contributed by atoms with van der Waals surface area (Å²) in [6, 6.07) is 10.6. The summed E-state index contributed by atoms with van der Waals surface area (Å²) >= 11 is 13.4. The lowest BCUT2D eigenvalue weighted by Gasteiger charge is -2.15. The van der Waals surface area contributed by atoms with Crippen LogP contribution in [0.4, 0.5) is 0 Å². The number of imide groups is 1. The van der Waals surface area contributed by atoms with E-state index in [-0.39, 0.29) is 11.1 Å². The number of nitrogens with zero attached hydrogens (tertiary/aromatic N) is 2. The maximum absolute atomic E-state index is 12.8. The molecule has 0 saturated heterocycles. The standard InChI is InChI=1S/C19H9Br4N3O3/c20-13-11-12(14(21)16(23)15(13)22)19(29)26(18(11)28)24-17(27)9-3-5-10(6-4-9)25-7-1-2-8-25/h1-8H,(H,24,27). The summed E-state index contributed by atoms with van der Waals surface area (Å²) in [6.07, 6.45) is 3.78. The number of amides is 3. The van der Waals surface area contributed by atoms with E-state index >= 15 is 0 Å². The van der Waals surface area contributed by atoms with Gasteiger partial charge in [0, 0.05) is 41.5 Å². The van der Waals surface area contributed by atoms with Gasteiger partial charge in [-0.1, -0.05) is 0 Å². The summed E-state index contributed by atoms with van der Waals surface area (Å²) in [5, 5.41) is 0.723. The van der Waals surface area contributed by atoms with E-state index in [0.717, 1.165) is 10.7 Å². The number of halogens is 4. The Morgan fingerprint density at radius 1 is 0.759 bits per heavy atom. The minimum absolute atomic E-state index is 0.167. The number of rotatable bonds is 3. The van der Waals surface area contributed by atoms with Crippen LogP contribution in [0.1, 0.15) is 31.1 Å². The normalized spacial score (nSPS) is 13.0. The lowest BCUT2D eigenvalue weighted by atomic mass is 10.1. The van der Waals surface area contributed by atoms with Gasteiger partial charge in [-0.2, -0.15) is 5.01 Å². The van der Waals surface area contributed by atoms with E-state index in [1.165, 1.54) is 0 Å². The van der Waals surface area contributed by atoms with E-state index in [2.05, 4.69) is 69.1 Å². The first kappa shape index (κ1) is 20.5. The van der Waals surface area contributed by atoms with E-state index in [1.807, 2.05) is 29.1 Å². The number of hydrogen-bond donors (Lipinski definition) is 1. The fraction of sp³-hybridized carbons (Fsp3) is 0. The van der Waals surface area contributed by atoms with Crippen LogP contribution in [0.15, 0.2) is 66.7 Å². The lowest BCUT2D eigenvalue weighted by molar-refractivity contribution is 0.0517. The molecule has 0 fully saturated rings. The van der Waals surface area contributed by atoms with Crippen molar-refractivity contribution in [1.82, 2.24) is 15.0 Å². The van der Waals surface area contributed by atoms with Crippen LogP contribution in [0.25, 0.3) is 5.69 Å². The Balaban J connectivity index is 1.61. The molecule has 1 aliphatic heterocycles. The summed E-state index contributed by atoms with van der Waals surface area (Å²) in [5.41, 5.74) is 3.94. The molecular formula is C19H9Br4N3O3. The Morgan fingerprint density at radius 3 is 1.72 bits per heavy atom. The summed E-state index contributed by atoms with van der Waals surface area (Å²) in [5.74, 6) is -1.81. The monoisotopic (exact) mass is 643 g/mol. The molecule has 146 valence electrons. The second-order valence-electron chi connectivity index (χ2n) is 6.03. The van der Waals surface area contributed by atoms with Gasteiger partial charge in [0.05, 0.1) is 11.1 Å². The number of hydrogen-bond acceptors (Lipinski definition) is 3. The Labute approximate surface area is 198 Å². The fourth-order valence-electron chi connectivity index (χ4n) is 2.91. The Kier molecular flexibility index (Phi) is 5.54. The van der Waals surface area contributed by atoms with Crippen molar-refractivity contribution in [3.05, 3.63) is 83.4 Å². The number of carbonyl (C=O) groups is 3. The highest BCUT2D eigenvalue weighted by Gasteiger charge is 2.42. The molecule has 0 spiro atoms. The molecule has 0 radical (unpaired) electrons. The summed E-state index contributed by atoms with van der Waals surface area (Å²) in [4.78, 5) is 38.3. The molecule has 29 heavy (non-hydrogen) atoms. The lowest BCUT2D eigenvalue weighted by Crippen LogP contribution is -2.45. The predicted molar refractivity (Wildman–Crippen MR) is 121 cm³/mol. The summed E-state index contributed by atoms with van der Waals surface area (Å²) in [7, 11) is 0. The van der Waals surface area contributed by atoms with Crippen molar-refractivity contribution >= 4 is 81.4 Å². The first-order chi connectivity index (χ1) is 13.8. The highest BCUT2D eigenvalue weighted by Crippen LogP contribution is 2.44. The average Bonchev–Trinajstić information content (AvgIpc) is 3.34. The average molecular weight is 647 g/mol. The van der Waals surface area contributed by atoms with Crippen LogP contribution in [0.5, 0.6) is 0 Å². The molecule has 0 saturated carbocycles. The minimum Gasteiger partial charge on any atom is -0.324 e. The fourth-order valence-corrected chi connectivity index (χ4v) is 5.37. The van der Waals surface area contributed by atoms with Gasteiger partial charge >= 0.3 is 0 Å². The van der Waals surface area contributed by atoms with Gasteiger partial charge in [0.25, 0.3) is 17.7 Å². The molecule has 10 heteroatoms. The maximum Gasteiger partial charge on any atom is 0.281 e. The van der Waals surface area contributed by atoms with E-state index < -0.39 is 17.7 Å². The van der Waals surface area contributed by atoms with Gasteiger partial charge < -0.3 is 4.57 Å². The third-order valence-electron chi connectivity index (χ3n) is 4.35. The van der Waals surface area contributed by atoms with Gasteiger partial charge in [-0.25, -0.2) is 0 Å². The van der Waals surface area contributed by atoms with Crippen molar-refractivity contribution in [2.45, 2.75) is 0 Å². The zero-order chi connectivity index (χ0) is 20.9. The molecule has 3 amide bonds. The maximum atomic E-state index is 12.8. The van der Waals surface area contributed by atoms with E-state index in [1.54, 1.807) is 24.3 Å². The third kappa shape index (κ3) is 3.41. The molecule has 2 aromatic carbocycles. The third-order valence-corrected chi connectivity index (χ3v) is 9.11. The van der Waals surface area contributed by atoms with Crippen LogP contribution in [0.2, 0.25) is 0 Å². The quantitative estimate of drug-likeness (QED) is 0.233. The zero-order valence-electron chi connectivity index (χ0n) is 14.2. The van der Waals surface area contributed by atoms with Gasteiger partial charge in [0.15, 0.2) is 0 Å². The number of carbonyl (C=O) groups excluding carboxylic acids is 3. The van der Waals surface area contributed by atoms with Crippen molar-refractivity contribution in [3.63, 3.8) is 0 Å². The highest BCUT2D eigenvalue weighted by molar-refractivity contribution is 9.15. The number of nitrogens with one attached hydrogen (secondary N) is 1. The minimum atomic E-state index is -0.622. The largest absolute Gasteiger partial charge is 0.324 e. The van der Waals surface area contributed by atoms with E-state index in [4.69, 9.17) is 0 Å². The number of benzene rings is 2. The van der Waals surface area contributed by atoms with Crippen molar-refractivity contribution < 1.29 is 14.4 Å². The molecule has 0 aliphatic carbocycles. The van der Waals surface area contributed by atoms with Crippen molar-refractivity contribution in [2.75, 3.05) is 0 Å². The van der Waals surface area contributed by atoms with Gasteiger partial charge in [0.2, 0.25) is 0 Å². The number of hydrazine groups is 1. The molecule has 0 unspecified atom stereocenters. The number of fused-ring (bicyclic) bond motifs is 1. The van der Waals surface area contributed by atoms with Crippen molar-refractivity contribution in [2.24, 2.45) is 0 Å². The van der Waals surface area contributed by atoms with Crippen LogP contribution in [-0.2, 0) is 0 Å². The van der Waals surface area contributed by atoms with E-state index in [0.29, 0.717) is 23.5 Å². The Morgan fingerprint density at radius 2 is 1.24 bits per heavy atom. The summed E-state index contributed by atoms with van der Waals surface area (Å²) < 4.78 is 3.91. The highest BCUT2D eigenvalue weighted by atomic mass is 79.9. The van der Waals surface area contributed by atoms with E-state index in [9.17, 15) is 14.4 Å². The van der Waals surface area contributed by atoms with Crippen molar-refractivity contribution in [3.8, 4) is 5.69 Å². The van der Waals surface area contributed by atoms with Crippen LogP contribution < -0.4 is 5.43 Å². The molecule has 1 aromatic heterocycles. The molecule has 0 atom stereocenters. The second-order valence-corrected chi connectivity index (χ2v) is 9.20. The van der Waals surface area contributed by atoms with Gasteiger partial charge in [0.1, 0.15) is 0 Å². The zero-order valence-corrected chi connectivity index (χ0v) is 20.6. The second kappa shape index (κ2) is 7.82. The van der Waals surface area contributed by atoms with Gasteiger partial charge in [-0.3, -0.25) is 19.8 Å². The molecule has 4 rings (SSSR count). The van der Waals surface area contributed by atoms with Crippen molar-refractivity contribution in [1.29, 1.82) is 0 Å². The van der Waals surface area contributed by atoms with Crippen LogP contribution in [-0.4, -0.2) is 27.3 Å². The summed E-state index contributed by atoms with van der Waals surface area (Å²) in [6.45, 7) is 0. The molecule has 1 aliphatic rings. The molecular weight excluding hydrogens is 638 g/mol. The first-order valence-electron chi connectivity index (χ1n) is 8.10. The molecule has 3 aromatic rings. The molecule has 2 heterocycles. The topological polar surface area (TPSA) is 71.4 Å². The van der Waals surface area contributed by atoms with Crippen LogP contribution >= 0.6 is 63.7 Å².